The minimum Gasteiger partial charge on any atom is -0.298 e. The Morgan fingerprint density at radius 3 is 2.07 bits per heavy atom. The largest absolute Gasteiger partial charge is 0.298 e. The standard InChI is InChI=1S/C9H5NO4/c11-2-6-1-7(3-12)10-9(5-14)8(6)4-13/h1-5H. The van der Waals surface area contributed by atoms with Gasteiger partial charge in [0.1, 0.15) is 11.4 Å². The van der Waals surface area contributed by atoms with Gasteiger partial charge in [-0.25, -0.2) is 4.98 Å². The van der Waals surface area contributed by atoms with Crippen LogP contribution in [0.2, 0.25) is 0 Å². The summed E-state index contributed by atoms with van der Waals surface area (Å²) in [4.78, 5) is 45.4. The molecule has 0 fully saturated rings. The van der Waals surface area contributed by atoms with Gasteiger partial charge in [-0.05, 0) is 6.07 Å². The van der Waals surface area contributed by atoms with E-state index in [-0.39, 0.29) is 22.5 Å². The first-order valence-corrected chi connectivity index (χ1v) is 3.62. The Kier molecular flexibility index (Phi) is 2.96. The molecule has 0 bridgehead atoms. The molecule has 0 atom stereocenters. The van der Waals surface area contributed by atoms with E-state index in [0.717, 1.165) is 6.07 Å². The Balaban J connectivity index is 3.53. The van der Waals surface area contributed by atoms with E-state index < -0.39 is 0 Å². The molecular weight excluding hydrogens is 186 g/mol. The number of rotatable bonds is 4. The van der Waals surface area contributed by atoms with E-state index in [4.69, 9.17) is 0 Å². The Morgan fingerprint density at radius 2 is 1.64 bits per heavy atom. The third kappa shape index (κ3) is 1.61. The van der Waals surface area contributed by atoms with E-state index in [1.54, 1.807) is 0 Å². The third-order valence-electron chi connectivity index (χ3n) is 1.62. The van der Waals surface area contributed by atoms with Crippen LogP contribution in [0.3, 0.4) is 0 Å². The number of pyridine rings is 1. The minimum absolute atomic E-state index is 0.0146. The molecule has 14 heavy (non-hydrogen) atoms. The van der Waals surface area contributed by atoms with Crippen molar-refractivity contribution in [3.63, 3.8) is 0 Å². The van der Waals surface area contributed by atoms with Crippen LogP contribution in [0, 0.1) is 0 Å². The van der Waals surface area contributed by atoms with Crippen molar-refractivity contribution in [2.75, 3.05) is 0 Å². The summed E-state index contributed by atoms with van der Waals surface area (Å²) in [5.41, 5.74) is -0.369. The highest BCUT2D eigenvalue weighted by Crippen LogP contribution is 2.08. The molecule has 0 saturated carbocycles. The average molecular weight is 191 g/mol. The van der Waals surface area contributed by atoms with Crippen molar-refractivity contribution in [1.29, 1.82) is 0 Å². The molecule has 0 aliphatic carbocycles. The van der Waals surface area contributed by atoms with Gasteiger partial charge in [0, 0.05) is 5.56 Å². The van der Waals surface area contributed by atoms with E-state index in [2.05, 4.69) is 4.98 Å². The van der Waals surface area contributed by atoms with E-state index in [1.807, 2.05) is 0 Å². The lowest BCUT2D eigenvalue weighted by atomic mass is 10.1. The van der Waals surface area contributed by atoms with E-state index in [9.17, 15) is 19.2 Å². The molecule has 0 saturated heterocycles. The Morgan fingerprint density at radius 1 is 0.929 bits per heavy atom. The van der Waals surface area contributed by atoms with Crippen molar-refractivity contribution in [1.82, 2.24) is 4.98 Å². The molecule has 5 nitrogen and oxygen atoms in total. The van der Waals surface area contributed by atoms with Crippen molar-refractivity contribution in [3.8, 4) is 0 Å². The maximum atomic E-state index is 10.5. The van der Waals surface area contributed by atoms with Crippen LogP contribution >= 0.6 is 0 Å². The Hall–Kier alpha value is -2.17. The molecule has 5 heteroatoms. The molecule has 0 radical (unpaired) electrons. The molecule has 1 rings (SSSR count). The SMILES string of the molecule is O=Cc1cc(C=O)c(C=O)c(C=O)n1. The number of aldehydes is 4. The first-order chi connectivity index (χ1) is 6.76. The van der Waals surface area contributed by atoms with Gasteiger partial charge in [0.05, 0.1) is 5.56 Å². The predicted octanol–water partition coefficient (Wildman–Crippen LogP) is 0.332. The predicted molar refractivity (Wildman–Crippen MR) is 45.8 cm³/mol. The van der Waals surface area contributed by atoms with Crippen LogP contribution in [0.5, 0.6) is 0 Å². The molecule has 0 unspecified atom stereocenters. The van der Waals surface area contributed by atoms with Crippen molar-refractivity contribution < 1.29 is 19.2 Å². The van der Waals surface area contributed by atoms with Crippen LogP contribution in [-0.4, -0.2) is 30.1 Å². The van der Waals surface area contributed by atoms with Crippen LogP contribution in [-0.2, 0) is 0 Å². The fourth-order valence-electron chi connectivity index (χ4n) is 0.993. The van der Waals surface area contributed by atoms with Gasteiger partial charge in [0.25, 0.3) is 0 Å². The van der Waals surface area contributed by atoms with Crippen LogP contribution in [0.1, 0.15) is 41.7 Å². The minimum atomic E-state index is -0.202. The van der Waals surface area contributed by atoms with Gasteiger partial charge in [-0.15, -0.1) is 0 Å². The second-order valence-electron chi connectivity index (χ2n) is 2.41. The molecule has 1 aromatic rings. The van der Waals surface area contributed by atoms with Crippen LogP contribution in [0.4, 0.5) is 0 Å². The summed E-state index contributed by atoms with van der Waals surface area (Å²) in [6.45, 7) is 0. The number of hydrogen-bond acceptors (Lipinski definition) is 5. The molecular formula is C9H5NO4. The Labute approximate surface area is 78.8 Å². The highest BCUT2D eigenvalue weighted by atomic mass is 16.1. The van der Waals surface area contributed by atoms with Crippen LogP contribution in [0.15, 0.2) is 6.07 Å². The second kappa shape index (κ2) is 4.18. The number of carbonyl (C=O) groups is 4. The molecule has 1 aromatic heterocycles. The fourth-order valence-corrected chi connectivity index (χ4v) is 0.993. The molecule has 70 valence electrons. The normalized spacial score (nSPS) is 9.14. The Bertz CT molecular complexity index is 382. The summed E-state index contributed by atoms with van der Waals surface area (Å²) in [5, 5.41) is 0. The highest BCUT2D eigenvalue weighted by molar-refractivity contribution is 5.98. The lowest BCUT2D eigenvalue weighted by molar-refractivity contribution is 0.108. The van der Waals surface area contributed by atoms with Crippen LogP contribution in [0.25, 0.3) is 0 Å². The van der Waals surface area contributed by atoms with E-state index >= 15 is 0 Å². The highest BCUT2D eigenvalue weighted by Gasteiger charge is 2.10. The molecule has 0 aromatic carbocycles. The molecule has 0 spiro atoms. The molecule has 0 N–H and O–H groups in total. The lowest BCUT2D eigenvalue weighted by Gasteiger charge is -2.00. The topological polar surface area (TPSA) is 81.2 Å². The molecule has 1 heterocycles. The first-order valence-electron chi connectivity index (χ1n) is 3.62. The van der Waals surface area contributed by atoms with Gasteiger partial charge in [0.15, 0.2) is 25.1 Å². The summed E-state index contributed by atoms with van der Waals surface area (Å²) in [6, 6.07) is 1.15. The van der Waals surface area contributed by atoms with Crippen molar-refractivity contribution in [2.45, 2.75) is 0 Å². The number of nitrogens with zero attached hydrogens (tertiary/aromatic N) is 1. The second-order valence-corrected chi connectivity index (χ2v) is 2.41. The van der Waals surface area contributed by atoms with Gasteiger partial charge in [-0.2, -0.15) is 0 Å². The third-order valence-corrected chi connectivity index (χ3v) is 1.62. The average Bonchev–Trinajstić information content (AvgIpc) is 2.26. The zero-order chi connectivity index (χ0) is 10.6. The molecule has 0 aliphatic heterocycles. The quantitative estimate of drug-likeness (QED) is 0.640. The van der Waals surface area contributed by atoms with Crippen molar-refractivity contribution >= 4 is 25.1 Å². The number of hydrogen-bond donors (Lipinski definition) is 0. The summed E-state index contributed by atoms with van der Waals surface area (Å²) < 4.78 is 0. The van der Waals surface area contributed by atoms with Gasteiger partial charge < -0.3 is 0 Å². The van der Waals surface area contributed by atoms with Gasteiger partial charge >= 0.3 is 0 Å². The van der Waals surface area contributed by atoms with Crippen molar-refractivity contribution in [2.24, 2.45) is 0 Å². The van der Waals surface area contributed by atoms with E-state index in [0.29, 0.717) is 25.1 Å². The smallest absolute Gasteiger partial charge is 0.169 e. The maximum Gasteiger partial charge on any atom is 0.169 e. The van der Waals surface area contributed by atoms with Gasteiger partial charge in [-0.1, -0.05) is 0 Å². The number of carbonyl (C=O) groups excluding carboxylic acids is 4. The monoisotopic (exact) mass is 191 g/mol. The van der Waals surface area contributed by atoms with Gasteiger partial charge in [-0.3, -0.25) is 19.2 Å². The summed E-state index contributed by atoms with van der Waals surface area (Å²) in [5.74, 6) is 0. The van der Waals surface area contributed by atoms with E-state index in [1.165, 1.54) is 0 Å². The summed E-state index contributed by atoms with van der Waals surface area (Å²) in [6.07, 6.45) is 1.47. The lowest BCUT2D eigenvalue weighted by Crippen LogP contribution is -2.04. The maximum absolute atomic E-state index is 10.5. The van der Waals surface area contributed by atoms with Crippen molar-refractivity contribution in [3.05, 3.63) is 28.6 Å². The summed E-state index contributed by atoms with van der Waals surface area (Å²) >= 11 is 0. The zero-order valence-corrected chi connectivity index (χ0v) is 6.97. The first kappa shape index (κ1) is 9.91. The summed E-state index contributed by atoms with van der Waals surface area (Å²) in [7, 11) is 0. The zero-order valence-electron chi connectivity index (χ0n) is 6.97. The molecule has 0 amide bonds. The van der Waals surface area contributed by atoms with Crippen LogP contribution < -0.4 is 0 Å². The molecule has 0 aliphatic rings. The number of aromatic nitrogens is 1. The fraction of sp³-hybridized carbons (Fsp3) is 0. The van der Waals surface area contributed by atoms with Gasteiger partial charge in [0.2, 0.25) is 0 Å².